The molecule has 1 aromatic heterocycles. The van der Waals surface area contributed by atoms with Crippen molar-refractivity contribution in [3.8, 4) is 0 Å². The van der Waals surface area contributed by atoms with Crippen LogP contribution >= 0.6 is 11.6 Å². The Balaban J connectivity index is 1.56. The summed E-state index contributed by atoms with van der Waals surface area (Å²) in [6.45, 7) is 6.31. The Morgan fingerprint density at radius 1 is 1.05 bits per heavy atom. The summed E-state index contributed by atoms with van der Waals surface area (Å²) in [6, 6.07) is 1.91. The fraction of sp³-hybridized carbons (Fsp3) is 0.615. The first-order valence-corrected chi connectivity index (χ1v) is 7.59. The molecule has 0 bridgehead atoms. The van der Waals surface area contributed by atoms with Crippen molar-refractivity contribution in [3.05, 3.63) is 17.5 Å². The predicted molar refractivity (Wildman–Crippen MR) is 80.7 cm³/mol. The lowest BCUT2D eigenvalue weighted by molar-refractivity contribution is 0.144. The molecule has 2 aliphatic rings. The van der Waals surface area contributed by atoms with Crippen molar-refractivity contribution in [3.63, 3.8) is 0 Å². The second-order valence-corrected chi connectivity index (χ2v) is 5.58. The van der Waals surface area contributed by atoms with Crippen LogP contribution in [0, 0.1) is 0 Å². The van der Waals surface area contributed by atoms with Crippen LogP contribution in [-0.4, -0.2) is 78.2 Å². The second kappa shape index (κ2) is 6.44. The molecule has 0 aromatic carbocycles. The topological polar surface area (TPSA) is 64.6 Å². The van der Waals surface area contributed by atoms with Crippen LogP contribution in [0.4, 0.5) is 10.6 Å². The molecule has 2 aliphatic heterocycles. The molecule has 0 radical (unpaired) electrons. The van der Waals surface area contributed by atoms with Crippen LogP contribution < -0.4 is 10.2 Å². The number of urea groups is 1. The molecular weight excluding hydrogens is 292 g/mol. The van der Waals surface area contributed by atoms with E-state index in [9.17, 15) is 4.79 Å². The average molecular weight is 311 g/mol. The van der Waals surface area contributed by atoms with Gasteiger partial charge in [-0.3, -0.25) is 0 Å². The zero-order valence-corrected chi connectivity index (χ0v) is 12.6. The number of piperazine rings is 2. The first-order valence-electron chi connectivity index (χ1n) is 7.21. The maximum Gasteiger partial charge on any atom is 0.320 e. The zero-order chi connectivity index (χ0) is 14.7. The Kier molecular flexibility index (Phi) is 4.40. The lowest BCUT2D eigenvalue weighted by Gasteiger charge is -2.39. The number of amides is 2. The molecule has 0 atom stereocenters. The van der Waals surface area contributed by atoms with Crippen LogP contribution in [0.5, 0.6) is 0 Å². The van der Waals surface area contributed by atoms with Gasteiger partial charge in [0.1, 0.15) is 17.3 Å². The predicted octanol–water partition coefficient (Wildman–Crippen LogP) is 0.277. The molecule has 2 saturated heterocycles. The highest BCUT2D eigenvalue weighted by Gasteiger charge is 2.26. The van der Waals surface area contributed by atoms with E-state index in [1.165, 1.54) is 6.33 Å². The summed E-state index contributed by atoms with van der Waals surface area (Å²) >= 11 is 5.89. The van der Waals surface area contributed by atoms with Gasteiger partial charge in [-0.1, -0.05) is 11.6 Å². The van der Waals surface area contributed by atoms with Crippen LogP contribution in [0.2, 0.25) is 5.15 Å². The molecule has 21 heavy (non-hydrogen) atoms. The Hall–Kier alpha value is -1.60. The molecule has 114 valence electrons. The molecule has 1 N–H and O–H groups in total. The third kappa shape index (κ3) is 3.36. The molecule has 7 nitrogen and oxygen atoms in total. The van der Waals surface area contributed by atoms with Gasteiger partial charge < -0.3 is 20.0 Å². The van der Waals surface area contributed by atoms with Crippen LogP contribution in [0.3, 0.4) is 0 Å². The number of hydrogen-bond donors (Lipinski definition) is 1. The molecule has 1 aromatic rings. The molecule has 0 spiro atoms. The highest BCUT2D eigenvalue weighted by atomic mass is 35.5. The fourth-order valence-corrected chi connectivity index (χ4v) is 2.82. The fourth-order valence-electron chi connectivity index (χ4n) is 2.68. The van der Waals surface area contributed by atoms with E-state index in [-0.39, 0.29) is 6.03 Å². The van der Waals surface area contributed by atoms with Gasteiger partial charge in [0.05, 0.1) is 0 Å². The summed E-state index contributed by atoms with van der Waals surface area (Å²) in [7, 11) is 0. The highest BCUT2D eigenvalue weighted by molar-refractivity contribution is 6.29. The third-order valence-corrected chi connectivity index (χ3v) is 4.09. The van der Waals surface area contributed by atoms with Gasteiger partial charge in [-0.05, 0) is 0 Å². The van der Waals surface area contributed by atoms with E-state index in [0.717, 1.165) is 45.1 Å². The first-order chi connectivity index (χ1) is 10.2. The number of carbonyl (C=O) groups excluding carboxylic acids is 1. The molecule has 3 rings (SSSR count). The Morgan fingerprint density at radius 3 is 2.38 bits per heavy atom. The maximum absolute atomic E-state index is 12.4. The minimum absolute atomic E-state index is 0.150. The lowest BCUT2D eigenvalue weighted by Crippen LogP contribution is -2.56. The standard InChI is InChI=1S/C13H19ClN6O/c14-11-9-12(17-10-16-11)18-5-7-20(8-6-18)13(21)19-3-1-15-2-4-19/h9-10,15H,1-8H2. The summed E-state index contributed by atoms with van der Waals surface area (Å²) in [6.07, 6.45) is 1.47. The Bertz CT molecular complexity index is 499. The summed E-state index contributed by atoms with van der Waals surface area (Å²) < 4.78 is 0. The summed E-state index contributed by atoms with van der Waals surface area (Å²) in [5, 5.41) is 3.70. The van der Waals surface area contributed by atoms with Crippen molar-refractivity contribution in [1.82, 2.24) is 25.1 Å². The summed E-state index contributed by atoms with van der Waals surface area (Å²) in [4.78, 5) is 26.5. The number of anilines is 1. The van der Waals surface area contributed by atoms with Gasteiger partial charge in [-0.25, -0.2) is 14.8 Å². The first kappa shape index (κ1) is 14.3. The van der Waals surface area contributed by atoms with Gasteiger partial charge in [0.2, 0.25) is 0 Å². The van der Waals surface area contributed by atoms with Crippen molar-refractivity contribution in [2.75, 3.05) is 57.3 Å². The molecule has 0 unspecified atom stereocenters. The van der Waals surface area contributed by atoms with Crippen LogP contribution in [-0.2, 0) is 0 Å². The van der Waals surface area contributed by atoms with Gasteiger partial charge in [-0.2, -0.15) is 0 Å². The number of hydrogen-bond acceptors (Lipinski definition) is 5. The highest BCUT2D eigenvalue weighted by Crippen LogP contribution is 2.16. The average Bonchev–Trinajstić information content (AvgIpc) is 2.55. The molecule has 2 amide bonds. The SMILES string of the molecule is O=C(N1CCNCC1)N1CCN(c2cc(Cl)ncn2)CC1. The number of aromatic nitrogens is 2. The van der Waals surface area contributed by atoms with Gasteiger partial charge in [0, 0.05) is 58.4 Å². The smallest absolute Gasteiger partial charge is 0.320 e. The molecule has 0 aliphatic carbocycles. The van der Waals surface area contributed by atoms with Crippen molar-refractivity contribution < 1.29 is 4.79 Å². The molecule has 2 fully saturated rings. The second-order valence-electron chi connectivity index (χ2n) is 5.19. The van der Waals surface area contributed by atoms with E-state index in [2.05, 4.69) is 20.2 Å². The van der Waals surface area contributed by atoms with E-state index in [0.29, 0.717) is 18.2 Å². The van der Waals surface area contributed by atoms with Crippen molar-refractivity contribution >= 4 is 23.4 Å². The third-order valence-electron chi connectivity index (χ3n) is 3.88. The van der Waals surface area contributed by atoms with E-state index in [4.69, 9.17) is 11.6 Å². The summed E-state index contributed by atoms with van der Waals surface area (Å²) in [5.41, 5.74) is 0. The van der Waals surface area contributed by atoms with E-state index >= 15 is 0 Å². The Morgan fingerprint density at radius 2 is 1.71 bits per heavy atom. The molecule has 8 heteroatoms. The van der Waals surface area contributed by atoms with Gasteiger partial charge in [-0.15, -0.1) is 0 Å². The number of nitrogens with zero attached hydrogens (tertiary/aromatic N) is 5. The van der Waals surface area contributed by atoms with Crippen molar-refractivity contribution in [2.24, 2.45) is 0 Å². The molecule has 3 heterocycles. The maximum atomic E-state index is 12.4. The normalized spacial score (nSPS) is 19.8. The molecular formula is C13H19ClN6O. The van der Waals surface area contributed by atoms with Gasteiger partial charge >= 0.3 is 6.03 Å². The minimum Gasteiger partial charge on any atom is -0.353 e. The van der Waals surface area contributed by atoms with Crippen LogP contribution in [0.1, 0.15) is 0 Å². The number of carbonyl (C=O) groups is 1. The largest absolute Gasteiger partial charge is 0.353 e. The summed E-state index contributed by atoms with van der Waals surface area (Å²) in [5.74, 6) is 0.823. The Labute approximate surface area is 128 Å². The van der Waals surface area contributed by atoms with Crippen molar-refractivity contribution in [1.29, 1.82) is 0 Å². The van der Waals surface area contributed by atoms with Gasteiger partial charge in [0.25, 0.3) is 0 Å². The van der Waals surface area contributed by atoms with E-state index < -0.39 is 0 Å². The quantitative estimate of drug-likeness (QED) is 0.755. The van der Waals surface area contributed by atoms with Gasteiger partial charge in [0.15, 0.2) is 0 Å². The molecule has 0 saturated carbocycles. The monoisotopic (exact) mass is 310 g/mol. The lowest BCUT2D eigenvalue weighted by atomic mass is 10.3. The zero-order valence-electron chi connectivity index (χ0n) is 11.8. The van der Waals surface area contributed by atoms with E-state index in [1.54, 1.807) is 6.07 Å². The van der Waals surface area contributed by atoms with Crippen LogP contribution in [0.25, 0.3) is 0 Å². The minimum atomic E-state index is 0.150. The number of halogens is 1. The van der Waals surface area contributed by atoms with E-state index in [1.807, 2.05) is 9.80 Å². The number of rotatable bonds is 1. The number of nitrogens with one attached hydrogen (secondary N) is 1. The van der Waals surface area contributed by atoms with Crippen LogP contribution in [0.15, 0.2) is 12.4 Å². The van der Waals surface area contributed by atoms with Crippen molar-refractivity contribution in [2.45, 2.75) is 0 Å².